The number of nitrogens with zero attached hydrogens (tertiary/aromatic N) is 1. The molecule has 5 heteroatoms. The van der Waals surface area contributed by atoms with Crippen molar-refractivity contribution in [3.05, 3.63) is 29.8 Å². The van der Waals surface area contributed by atoms with Crippen molar-refractivity contribution in [1.82, 2.24) is 4.31 Å². The summed E-state index contributed by atoms with van der Waals surface area (Å²) in [6, 6.07) is 7.08. The molecule has 1 unspecified atom stereocenters. The van der Waals surface area contributed by atoms with Crippen LogP contribution in [0.25, 0.3) is 0 Å². The van der Waals surface area contributed by atoms with Crippen molar-refractivity contribution in [3.8, 4) is 0 Å². The number of Topliss-reactive ketones (excluding diaryl/α,β-unsaturated/α-hetero) is 1. The van der Waals surface area contributed by atoms with Crippen LogP contribution in [0, 0.1) is 18.3 Å². The van der Waals surface area contributed by atoms with Gasteiger partial charge in [-0.25, -0.2) is 8.42 Å². The number of aryl methyl sites for hydroxylation is 1. The number of piperidine rings is 1. The molecule has 0 aromatic heterocycles. The van der Waals surface area contributed by atoms with Gasteiger partial charge >= 0.3 is 0 Å². The average molecular weight is 349 g/mol. The van der Waals surface area contributed by atoms with Crippen molar-refractivity contribution in [2.24, 2.45) is 11.3 Å². The lowest BCUT2D eigenvalue weighted by molar-refractivity contribution is -0.117. The van der Waals surface area contributed by atoms with Crippen LogP contribution in [0.15, 0.2) is 29.2 Å². The molecule has 1 saturated heterocycles. The molecule has 4 nitrogen and oxygen atoms in total. The molecule has 1 aromatic rings. The molecule has 0 bridgehead atoms. The number of hydrogen-bond acceptors (Lipinski definition) is 3. The van der Waals surface area contributed by atoms with Crippen LogP contribution in [0.4, 0.5) is 0 Å². The van der Waals surface area contributed by atoms with Crippen LogP contribution in [-0.2, 0) is 14.8 Å². The molecular formula is C19H27NO3S. The van der Waals surface area contributed by atoms with Crippen molar-refractivity contribution >= 4 is 15.8 Å². The highest BCUT2D eigenvalue weighted by atomic mass is 32.2. The van der Waals surface area contributed by atoms with Gasteiger partial charge in [-0.2, -0.15) is 4.31 Å². The average Bonchev–Trinajstić information content (AvgIpc) is 2.92. The minimum absolute atomic E-state index is 0.161. The standard InChI is InChI=1S/C19H27NO3S/c1-15-3-7-18(8-4-15)24(22,23)20-11-9-19(2,10-12-20)14-16-5-6-17(21)13-16/h3-4,7-8,16H,5-6,9-14H2,1-2H3. The molecule has 24 heavy (non-hydrogen) atoms. The Hall–Kier alpha value is -1.20. The zero-order valence-electron chi connectivity index (χ0n) is 14.6. The molecule has 1 aliphatic carbocycles. The minimum atomic E-state index is -3.39. The molecule has 0 amide bonds. The second kappa shape index (κ2) is 6.60. The van der Waals surface area contributed by atoms with E-state index in [0.29, 0.717) is 29.7 Å². The Morgan fingerprint density at radius 2 is 1.79 bits per heavy atom. The summed E-state index contributed by atoms with van der Waals surface area (Å²) >= 11 is 0. The Morgan fingerprint density at radius 1 is 1.17 bits per heavy atom. The summed E-state index contributed by atoms with van der Waals surface area (Å²) in [5.74, 6) is 0.894. The first-order valence-corrected chi connectivity index (χ1v) is 10.3. The number of benzene rings is 1. The van der Waals surface area contributed by atoms with Gasteiger partial charge in [0.15, 0.2) is 0 Å². The number of sulfonamides is 1. The van der Waals surface area contributed by atoms with Gasteiger partial charge in [0.05, 0.1) is 4.90 Å². The van der Waals surface area contributed by atoms with E-state index in [1.165, 1.54) is 0 Å². The fraction of sp³-hybridized carbons (Fsp3) is 0.632. The molecule has 132 valence electrons. The molecule has 2 fully saturated rings. The van der Waals surface area contributed by atoms with Gasteiger partial charge in [-0.15, -0.1) is 0 Å². The van der Waals surface area contributed by atoms with Crippen molar-refractivity contribution in [1.29, 1.82) is 0 Å². The number of hydrogen-bond donors (Lipinski definition) is 0. The predicted octanol–water partition coefficient (Wildman–Crippen LogP) is 3.55. The normalized spacial score (nSPS) is 25.1. The van der Waals surface area contributed by atoms with Gasteiger partial charge in [-0.3, -0.25) is 4.79 Å². The molecule has 1 heterocycles. The van der Waals surface area contributed by atoms with Gasteiger partial charge in [0.2, 0.25) is 10.0 Å². The van der Waals surface area contributed by atoms with Crippen LogP contribution in [-0.4, -0.2) is 31.6 Å². The second-order valence-corrected chi connectivity index (χ2v) is 9.82. The smallest absolute Gasteiger partial charge is 0.243 e. The topological polar surface area (TPSA) is 54.5 Å². The highest BCUT2D eigenvalue weighted by Gasteiger charge is 2.38. The Labute approximate surface area is 145 Å². The third-order valence-corrected chi connectivity index (χ3v) is 7.63. The molecule has 0 radical (unpaired) electrons. The predicted molar refractivity (Wildman–Crippen MR) is 94.2 cm³/mol. The van der Waals surface area contributed by atoms with Crippen LogP contribution in [0.3, 0.4) is 0 Å². The van der Waals surface area contributed by atoms with Crippen molar-refractivity contribution < 1.29 is 13.2 Å². The Bertz CT molecular complexity index is 701. The van der Waals surface area contributed by atoms with Crippen LogP contribution < -0.4 is 0 Å². The first-order chi connectivity index (χ1) is 11.3. The number of rotatable bonds is 4. The summed E-state index contributed by atoms with van der Waals surface area (Å²) in [6.45, 7) is 5.36. The molecule has 0 N–H and O–H groups in total. The largest absolute Gasteiger partial charge is 0.300 e. The minimum Gasteiger partial charge on any atom is -0.300 e. The van der Waals surface area contributed by atoms with Gasteiger partial charge in [-0.05, 0) is 56.1 Å². The van der Waals surface area contributed by atoms with E-state index in [9.17, 15) is 13.2 Å². The maximum absolute atomic E-state index is 12.8. The zero-order chi connectivity index (χ0) is 17.4. The van der Waals surface area contributed by atoms with E-state index in [2.05, 4.69) is 6.92 Å². The van der Waals surface area contributed by atoms with Crippen molar-refractivity contribution in [2.75, 3.05) is 13.1 Å². The molecule has 1 aromatic carbocycles. The highest BCUT2D eigenvalue weighted by Crippen LogP contribution is 2.42. The van der Waals surface area contributed by atoms with Gasteiger partial charge in [0, 0.05) is 25.9 Å². The van der Waals surface area contributed by atoms with Crippen molar-refractivity contribution in [2.45, 2.75) is 57.3 Å². The van der Waals surface area contributed by atoms with E-state index in [0.717, 1.165) is 44.1 Å². The van der Waals surface area contributed by atoms with Crippen LogP contribution in [0.2, 0.25) is 0 Å². The fourth-order valence-corrected chi connectivity index (χ4v) is 5.53. The Morgan fingerprint density at radius 3 is 2.33 bits per heavy atom. The van der Waals surface area contributed by atoms with E-state index in [-0.39, 0.29) is 5.41 Å². The fourth-order valence-electron chi connectivity index (χ4n) is 4.09. The van der Waals surface area contributed by atoms with Gasteiger partial charge in [0.1, 0.15) is 5.78 Å². The summed E-state index contributed by atoms with van der Waals surface area (Å²) in [5, 5.41) is 0. The van der Waals surface area contributed by atoms with E-state index < -0.39 is 10.0 Å². The zero-order valence-corrected chi connectivity index (χ0v) is 15.4. The highest BCUT2D eigenvalue weighted by molar-refractivity contribution is 7.89. The van der Waals surface area contributed by atoms with Crippen molar-refractivity contribution in [3.63, 3.8) is 0 Å². The summed E-state index contributed by atoms with van der Waals surface area (Å²) in [6.07, 6.45) is 5.28. The third kappa shape index (κ3) is 3.72. The summed E-state index contributed by atoms with van der Waals surface area (Å²) in [7, 11) is -3.39. The molecule has 1 saturated carbocycles. The van der Waals surface area contributed by atoms with E-state index in [4.69, 9.17) is 0 Å². The molecule has 0 spiro atoms. The SMILES string of the molecule is Cc1ccc(S(=O)(=O)N2CCC(C)(CC3CCC(=O)C3)CC2)cc1. The number of carbonyl (C=O) groups is 1. The molecule has 1 atom stereocenters. The number of carbonyl (C=O) groups excluding carboxylic acids is 1. The lowest BCUT2D eigenvalue weighted by atomic mass is 9.74. The summed E-state index contributed by atoms with van der Waals surface area (Å²) < 4.78 is 27.2. The molecule has 1 aliphatic heterocycles. The third-order valence-electron chi connectivity index (χ3n) is 5.72. The lowest BCUT2D eigenvalue weighted by Gasteiger charge is -2.40. The summed E-state index contributed by atoms with van der Waals surface area (Å²) in [4.78, 5) is 11.9. The van der Waals surface area contributed by atoms with Crippen LogP contribution >= 0.6 is 0 Å². The van der Waals surface area contributed by atoms with Crippen LogP contribution in [0.5, 0.6) is 0 Å². The monoisotopic (exact) mass is 349 g/mol. The van der Waals surface area contributed by atoms with Crippen LogP contribution in [0.1, 0.15) is 51.0 Å². The van der Waals surface area contributed by atoms with E-state index in [1.54, 1.807) is 16.4 Å². The maximum Gasteiger partial charge on any atom is 0.243 e. The second-order valence-electron chi connectivity index (χ2n) is 7.88. The Kier molecular flexibility index (Phi) is 4.85. The number of ketones is 1. The lowest BCUT2D eigenvalue weighted by Crippen LogP contribution is -2.42. The molecule has 3 rings (SSSR count). The molecular weight excluding hydrogens is 322 g/mol. The first kappa shape index (κ1) is 17.6. The van der Waals surface area contributed by atoms with Gasteiger partial charge < -0.3 is 0 Å². The maximum atomic E-state index is 12.8. The quantitative estimate of drug-likeness (QED) is 0.835. The van der Waals surface area contributed by atoms with Gasteiger partial charge in [0.25, 0.3) is 0 Å². The van der Waals surface area contributed by atoms with E-state index in [1.807, 2.05) is 19.1 Å². The Balaban J connectivity index is 1.63. The molecule has 2 aliphatic rings. The van der Waals surface area contributed by atoms with E-state index >= 15 is 0 Å². The first-order valence-electron chi connectivity index (χ1n) is 8.87. The summed E-state index contributed by atoms with van der Waals surface area (Å²) in [5.41, 5.74) is 1.22. The van der Waals surface area contributed by atoms with Gasteiger partial charge in [-0.1, -0.05) is 24.6 Å².